The number of ether oxygens (including phenoxy) is 1. The largest absolute Gasteiger partial charge is 0.466 e. The van der Waals surface area contributed by atoms with Crippen LogP contribution in [0, 0.1) is 0 Å². The predicted molar refractivity (Wildman–Crippen MR) is 81.8 cm³/mol. The van der Waals surface area contributed by atoms with Crippen molar-refractivity contribution in [1.82, 2.24) is 4.90 Å². The molecule has 0 saturated carbocycles. The van der Waals surface area contributed by atoms with Gasteiger partial charge >= 0.3 is 5.97 Å². The zero-order valence-corrected chi connectivity index (χ0v) is 12.8. The lowest BCUT2D eigenvalue weighted by Gasteiger charge is -2.26. The van der Waals surface area contributed by atoms with E-state index in [0.717, 1.165) is 26.1 Å². The molecular formula is C17H25NO3. The zero-order valence-electron chi connectivity index (χ0n) is 12.8. The van der Waals surface area contributed by atoms with E-state index in [1.165, 1.54) is 5.56 Å². The topological polar surface area (TPSA) is 49.8 Å². The average molecular weight is 291 g/mol. The van der Waals surface area contributed by atoms with Gasteiger partial charge in [-0.15, -0.1) is 0 Å². The van der Waals surface area contributed by atoms with Gasteiger partial charge in [-0.3, -0.25) is 9.69 Å². The first-order valence-corrected chi connectivity index (χ1v) is 7.75. The van der Waals surface area contributed by atoms with Gasteiger partial charge in [0.15, 0.2) is 0 Å². The summed E-state index contributed by atoms with van der Waals surface area (Å²) in [5, 5.41) is 10.6. The van der Waals surface area contributed by atoms with Crippen LogP contribution in [0.1, 0.15) is 38.2 Å². The maximum Gasteiger partial charge on any atom is 0.308 e. The smallest absolute Gasteiger partial charge is 0.308 e. The summed E-state index contributed by atoms with van der Waals surface area (Å²) in [7, 11) is 0. The highest BCUT2D eigenvalue weighted by Crippen LogP contribution is 2.26. The average Bonchev–Trinajstić information content (AvgIpc) is 2.62. The van der Waals surface area contributed by atoms with E-state index in [-0.39, 0.29) is 12.4 Å². The summed E-state index contributed by atoms with van der Waals surface area (Å²) < 4.78 is 4.96. The summed E-state index contributed by atoms with van der Waals surface area (Å²) >= 11 is 0. The van der Waals surface area contributed by atoms with Crippen LogP contribution in [0.5, 0.6) is 0 Å². The van der Waals surface area contributed by atoms with Gasteiger partial charge in [0.05, 0.1) is 18.6 Å². The minimum Gasteiger partial charge on any atom is -0.466 e. The van der Waals surface area contributed by atoms with E-state index in [2.05, 4.69) is 17.0 Å². The Morgan fingerprint density at radius 2 is 2.05 bits per heavy atom. The second kappa shape index (κ2) is 7.57. The first-order chi connectivity index (χ1) is 10.1. The van der Waals surface area contributed by atoms with Crippen molar-refractivity contribution in [2.45, 2.75) is 44.8 Å². The third-order valence-corrected chi connectivity index (χ3v) is 4.04. The summed E-state index contributed by atoms with van der Waals surface area (Å²) in [5.41, 5.74) is 0.380. The maximum absolute atomic E-state index is 11.6. The van der Waals surface area contributed by atoms with Gasteiger partial charge in [-0.25, -0.2) is 0 Å². The fourth-order valence-corrected chi connectivity index (χ4v) is 2.89. The predicted octanol–water partition coefficient (Wildman–Crippen LogP) is 2.36. The number of carbonyl (C=O) groups is 1. The molecule has 116 valence electrons. The van der Waals surface area contributed by atoms with Gasteiger partial charge < -0.3 is 9.84 Å². The molecule has 0 spiro atoms. The Labute approximate surface area is 126 Å². The summed E-state index contributed by atoms with van der Waals surface area (Å²) in [6.45, 7) is 4.83. The monoisotopic (exact) mass is 291 g/mol. The maximum atomic E-state index is 11.6. The number of hydrogen-bond donors (Lipinski definition) is 1. The second-order valence-electron chi connectivity index (χ2n) is 5.82. The number of carbonyl (C=O) groups excluding carboxylic acids is 1. The molecule has 1 unspecified atom stereocenters. The standard InChI is InChI=1S/C17H25NO3/c1-2-21-16(19)13-17(20)9-6-11-18(12-10-17)14-15-7-4-3-5-8-15/h3-5,7-8,20H,2,6,9-14H2,1H3. The lowest BCUT2D eigenvalue weighted by atomic mass is 9.91. The van der Waals surface area contributed by atoms with Crippen LogP contribution in [0.3, 0.4) is 0 Å². The van der Waals surface area contributed by atoms with E-state index in [1.54, 1.807) is 6.92 Å². The Balaban J connectivity index is 1.87. The van der Waals surface area contributed by atoms with Crippen LogP contribution in [0.2, 0.25) is 0 Å². The molecule has 1 aliphatic rings. The third-order valence-electron chi connectivity index (χ3n) is 4.04. The van der Waals surface area contributed by atoms with Crippen molar-refractivity contribution in [3.05, 3.63) is 35.9 Å². The van der Waals surface area contributed by atoms with E-state index < -0.39 is 5.60 Å². The van der Waals surface area contributed by atoms with Crippen LogP contribution >= 0.6 is 0 Å². The molecule has 1 N–H and O–H groups in total. The molecular weight excluding hydrogens is 266 g/mol. The lowest BCUT2D eigenvalue weighted by Crippen LogP contribution is -2.34. The Kier molecular flexibility index (Phi) is 5.76. The van der Waals surface area contributed by atoms with Crippen LogP contribution < -0.4 is 0 Å². The van der Waals surface area contributed by atoms with Crippen molar-refractivity contribution in [2.75, 3.05) is 19.7 Å². The van der Waals surface area contributed by atoms with Gasteiger partial charge in [-0.1, -0.05) is 30.3 Å². The number of likely N-dealkylation sites (tertiary alicyclic amines) is 1. The molecule has 0 radical (unpaired) electrons. The molecule has 2 rings (SSSR count). The number of hydrogen-bond acceptors (Lipinski definition) is 4. The van der Waals surface area contributed by atoms with E-state index in [9.17, 15) is 9.90 Å². The van der Waals surface area contributed by atoms with Gasteiger partial charge in [-0.05, 0) is 38.3 Å². The Bertz CT molecular complexity index is 449. The number of nitrogens with zero attached hydrogens (tertiary/aromatic N) is 1. The Morgan fingerprint density at radius 1 is 1.29 bits per heavy atom. The highest BCUT2D eigenvalue weighted by molar-refractivity contribution is 5.70. The van der Waals surface area contributed by atoms with Crippen LogP contribution in [-0.2, 0) is 16.1 Å². The summed E-state index contributed by atoms with van der Waals surface area (Å²) in [6.07, 6.45) is 2.30. The lowest BCUT2D eigenvalue weighted by molar-refractivity contribution is -0.149. The van der Waals surface area contributed by atoms with Crippen molar-refractivity contribution in [2.24, 2.45) is 0 Å². The van der Waals surface area contributed by atoms with Crippen molar-refractivity contribution in [3.63, 3.8) is 0 Å². The van der Waals surface area contributed by atoms with E-state index >= 15 is 0 Å². The van der Waals surface area contributed by atoms with Gasteiger partial charge in [0.1, 0.15) is 0 Å². The van der Waals surface area contributed by atoms with Crippen molar-refractivity contribution in [1.29, 1.82) is 0 Å². The first-order valence-electron chi connectivity index (χ1n) is 7.75. The van der Waals surface area contributed by atoms with Crippen LogP contribution in [0.15, 0.2) is 30.3 Å². The number of benzene rings is 1. The van der Waals surface area contributed by atoms with Crippen molar-refractivity contribution < 1.29 is 14.6 Å². The van der Waals surface area contributed by atoms with Gasteiger partial charge in [0.25, 0.3) is 0 Å². The van der Waals surface area contributed by atoms with Gasteiger partial charge in [0.2, 0.25) is 0 Å². The molecule has 4 heteroatoms. The first kappa shape index (κ1) is 16.0. The second-order valence-corrected chi connectivity index (χ2v) is 5.82. The Hall–Kier alpha value is -1.39. The number of esters is 1. The van der Waals surface area contributed by atoms with Crippen LogP contribution in [0.4, 0.5) is 0 Å². The molecule has 0 aromatic heterocycles. The quantitative estimate of drug-likeness (QED) is 0.846. The molecule has 0 amide bonds. The minimum atomic E-state index is -0.905. The minimum absolute atomic E-state index is 0.111. The van der Waals surface area contributed by atoms with Crippen LogP contribution in [-0.4, -0.2) is 41.3 Å². The molecule has 4 nitrogen and oxygen atoms in total. The SMILES string of the molecule is CCOC(=O)CC1(O)CCCN(Cc2ccccc2)CC1. The highest BCUT2D eigenvalue weighted by Gasteiger charge is 2.33. The fourth-order valence-electron chi connectivity index (χ4n) is 2.89. The van der Waals surface area contributed by atoms with Crippen molar-refractivity contribution >= 4 is 5.97 Å². The van der Waals surface area contributed by atoms with Crippen molar-refractivity contribution in [3.8, 4) is 0 Å². The third kappa shape index (κ3) is 5.14. The summed E-state index contributed by atoms with van der Waals surface area (Å²) in [5.74, 6) is -0.295. The molecule has 1 aromatic rings. The zero-order chi connectivity index (χ0) is 15.1. The molecule has 1 heterocycles. The molecule has 0 aliphatic carbocycles. The number of rotatable bonds is 5. The molecule has 1 aliphatic heterocycles. The van der Waals surface area contributed by atoms with Crippen LogP contribution in [0.25, 0.3) is 0 Å². The van der Waals surface area contributed by atoms with Gasteiger partial charge in [-0.2, -0.15) is 0 Å². The van der Waals surface area contributed by atoms with Gasteiger partial charge in [0, 0.05) is 13.1 Å². The van der Waals surface area contributed by atoms with E-state index in [1.807, 2.05) is 18.2 Å². The molecule has 1 aromatic carbocycles. The molecule has 21 heavy (non-hydrogen) atoms. The summed E-state index contributed by atoms with van der Waals surface area (Å²) in [4.78, 5) is 14.0. The number of aliphatic hydroxyl groups is 1. The molecule has 1 atom stereocenters. The normalized spacial score (nSPS) is 23.5. The van der Waals surface area contributed by atoms with E-state index in [4.69, 9.17) is 4.74 Å². The summed E-state index contributed by atoms with van der Waals surface area (Å²) in [6, 6.07) is 10.4. The molecule has 1 saturated heterocycles. The molecule has 1 fully saturated rings. The fraction of sp³-hybridized carbons (Fsp3) is 0.588. The van der Waals surface area contributed by atoms with E-state index in [0.29, 0.717) is 19.4 Å². The Morgan fingerprint density at radius 3 is 2.76 bits per heavy atom. The highest BCUT2D eigenvalue weighted by atomic mass is 16.5. The molecule has 0 bridgehead atoms.